The highest BCUT2D eigenvalue weighted by Crippen LogP contribution is 2.24. The molecular weight excluding hydrogens is 753 g/mol. The molecule has 6 atom stereocenters. The van der Waals surface area contributed by atoms with Crippen LogP contribution in [0.15, 0.2) is 36.5 Å². The second-order valence-electron chi connectivity index (χ2n) is 15.4. The van der Waals surface area contributed by atoms with Crippen molar-refractivity contribution in [2.75, 3.05) is 19.0 Å². The van der Waals surface area contributed by atoms with Gasteiger partial charge in [0.1, 0.15) is 36.8 Å². The summed E-state index contributed by atoms with van der Waals surface area (Å²) < 4.78 is 54.0. The Kier molecular flexibility index (Phi) is 32.2. The predicted octanol–water partition coefficient (Wildman–Crippen LogP) is 8.61. The molecule has 0 amide bonds. The van der Waals surface area contributed by atoms with Crippen molar-refractivity contribution < 1.29 is 56.8 Å². The van der Waals surface area contributed by atoms with Crippen LogP contribution in [0, 0.1) is 0 Å². The van der Waals surface area contributed by atoms with Crippen LogP contribution in [-0.4, -0.2) is 96.0 Å². The van der Waals surface area contributed by atoms with E-state index in [4.69, 9.17) is 18.9 Å². The number of allylic oxidation sites excluding steroid dienone is 6. The molecule has 0 radical (unpaired) electrons. The minimum atomic E-state index is -4.60. The Labute approximate surface area is 344 Å². The highest BCUT2D eigenvalue weighted by atomic mass is 32.2. The zero-order valence-corrected chi connectivity index (χ0v) is 36.0. The first kappa shape index (κ1) is 52.9. The first-order chi connectivity index (χ1) is 27.5. The van der Waals surface area contributed by atoms with Crippen molar-refractivity contribution in [3.05, 3.63) is 36.5 Å². The number of carbonyl (C=O) groups excluding carboxylic acids is 2. The zero-order chi connectivity index (χ0) is 42.0. The smallest absolute Gasteiger partial charge is 0.306 e. The molecule has 0 bridgehead atoms. The van der Waals surface area contributed by atoms with E-state index in [1.807, 2.05) is 0 Å². The van der Waals surface area contributed by atoms with Crippen LogP contribution in [0.4, 0.5) is 0 Å². The van der Waals surface area contributed by atoms with Gasteiger partial charge in [-0.05, 0) is 64.2 Å². The van der Waals surface area contributed by atoms with Crippen molar-refractivity contribution in [3.63, 3.8) is 0 Å². The molecule has 332 valence electrons. The maximum atomic E-state index is 12.8. The fraction of sp³-hybridized carbons (Fsp3) is 0.818. The van der Waals surface area contributed by atoms with E-state index in [0.717, 1.165) is 77.0 Å². The number of aliphatic hydroxyl groups excluding tert-OH is 3. The van der Waals surface area contributed by atoms with Crippen LogP contribution in [0.2, 0.25) is 0 Å². The van der Waals surface area contributed by atoms with E-state index in [0.29, 0.717) is 12.8 Å². The van der Waals surface area contributed by atoms with Crippen molar-refractivity contribution in [1.29, 1.82) is 0 Å². The molecule has 0 aromatic rings. The Bertz CT molecular complexity index is 1200. The van der Waals surface area contributed by atoms with Gasteiger partial charge in [-0.1, -0.05) is 134 Å². The summed E-state index contributed by atoms with van der Waals surface area (Å²) in [6.45, 7) is 3.70. The standard InChI is InChI=1S/C44H78O12S/c1-3-5-7-9-11-13-15-17-19-21-22-24-26-28-30-32-39(45)53-34-37(35-54-44-43(49)42(48)41(47)38(56-44)36-57(50,51)52)55-40(46)33-31-29-27-25-23-20-18-16-14-12-10-8-6-4-2/h13,15-19,37-38,41-44,47-49H,3-12,14,20-36H2,1-2H3,(H,50,51,52)/b15-13+,18-16+,19-17+/t37-,38-,41-,42?,43?,44+/m1/s1. The van der Waals surface area contributed by atoms with Gasteiger partial charge in [-0.15, -0.1) is 0 Å². The topological polar surface area (TPSA) is 186 Å². The van der Waals surface area contributed by atoms with Crippen LogP contribution < -0.4 is 0 Å². The number of hydrogen-bond donors (Lipinski definition) is 4. The summed E-state index contributed by atoms with van der Waals surface area (Å²) in [5, 5.41) is 30.8. The summed E-state index contributed by atoms with van der Waals surface area (Å²) in [7, 11) is -4.60. The molecule has 0 aromatic carbocycles. The highest BCUT2D eigenvalue weighted by Gasteiger charge is 2.46. The van der Waals surface area contributed by atoms with Gasteiger partial charge in [-0.2, -0.15) is 8.42 Å². The molecule has 1 saturated heterocycles. The van der Waals surface area contributed by atoms with Gasteiger partial charge in [0, 0.05) is 12.8 Å². The van der Waals surface area contributed by atoms with Gasteiger partial charge in [0.15, 0.2) is 12.4 Å². The summed E-state index contributed by atoms with van der Waals surface area (Å²) >= 11 is 0. The van der Waals surface area contributed by atoms with Gasteiger partial charge in [-0.3, -0.25) is 14.1 Å². The number of ether oxygens (including phenoxy) is 4. The number of hydrogen-bond acceptors (Lipinski definition) is 11. The quantitative estimate of drug-likeness (QED) is 0.0155. The molecule has 1 aliphatic heterocycles. The minimum absolute atomic E-state index is 0.151. The largest absolute Gasteiger partial charge is 0.462 e. The summed E-state index contributed by atoms with van der Waals surface area (Å²) in [4.78, 5) is 25.4. The van der Waals surface area contributed by atoms with Gasteiger partial charge >= 0.3 is 11.9 Å². The molecule has 1 rings (SSSR count). The average molecular weight is 831 g/mol. The second kappa shape index (κ2) is 34.7. The molecule has 2 unspecified atom stereocenters. The number of unbranched alkanes of at least 4 members (excludes halogenated alkanes) is 19. The third-order valence-corrected chi connectivity index (χ3v) is 10.7. The molecule has 1 aliphatic rings. The molecule has 1 fully saturated rings. The maximum Gasteiger partial charge on any atom is 0.306 e. The summed E-state index contributed by atoms with van der Waals surface area (Å²) in [5.41, 5.74) is 0. The van der Waals surface area contributed by atoms with Crippen LogP contribution in [-0.2, 0) is 38.7 Å². The summed E-state index contributed by atoms with van der Waals surface area (Å²) in [6, 6.07) is 0. The molecule has 0 saturated carbocycles. The summed E-state index contributed by atoms with van der Waals surface area (Å²) in [5.74, 6) is -2.01. The van der Waals surface area contributed by atoms with E-state index in [1.165, 1.54) is 57.8 Å². The van der Waals surface area contributed by atoms with E-state index in [-0.39, 0.29) is 19.4 Å². The van der Waals surface area contributed by atoms with Crippen LogP contribution >= 0.6 is 0 Å². The van der Waals surface area contributed by atoms with Gasteiger partial charge in [0.2, 0.25) is 0 Å². The number of esters is 2. The average Bonchev–Trinajstić information content (AvgIpc) is 3.17. The Hall–Kier alpha value is -2.13. The number of rotatable bonds is 36. The van der Waals surface area contributed by atoms with Crippen LogP contribution in [0.1, 0.15) is 174 Å². The molecule has 0 spiro atoms. The first-order valence-electron chi connectivity index (χ1n) is 22.1. The Balaban J connectivity index is 2.48. The lowest BCUT2D eigenvalue weighted by Gasteiger charge is -2.40. The van der Waals surface area contributed by atoms with E-state index in [2.05, 4.69) is 50.3 Å². The summed E-state index contributed by atoms with van der Waals surface area (Å²) in [6.07, 6.45) is 29.0. The lowest BCUT2D eigenvalue weighted by Crippen LogP contribution is -2.60. The second-order valence-corrected chi connectivity index (χ2v) is 16.9. The molecule has 0 aliphatic carbocycles. The van der Waals surface area contributed by atoms with Gasteiger partial charge < -0.3 is 34.3 Å². The number of aliphatic hydroxyl groups is 3. The molecular formula is C44H78O12S. The zero-order valence-electron chi connectivity index (χ0n) is 35.2. The molecule has 4 N–H and O–H groups in total. The van der Waals surface area contributed by atoms with Gasteiger partial charge in [0.25, 0.3) is 10.1 Å². The molecule has 57 heavy (non-hydrogen) atoms. The Morgan fingerprint density at radius 3 is 1.58 bits per heavy atom. The van der Waals surface area contributed by atoms with Crippen molar-refractivity contribution in [2.45, 2.75) is 211 Å². The third-order valence-electron chi connectivity index (χ3n) is 9.97. The molecule has 1 heterocycles. The third kappa shape index (κ3) is 29.7. The lowest BCUT2D eigenvalue weighted by molar-refractivity contribution is -0.297. The van der Waals surface area contributed by atoms with Crippen molar-refractivity contribution in [1.82, 2.24) is 0 Å². The predicted molar refractivity (Wildman–Crippen MR) is 224 cm³/mol. The van der Waals surface area contributed by atoms with E-state index in [9.17, 15) is 37.9 Å². The fourth-order valence-corrected chi connectivity index (χ4v) is 7.18. The first-order valence-corrected chi connectivity index (χ1v) is 23.7. The SMILES string of the molecule is CCCCCC/C=C/C=C/CCCCCCCC(=O)OC[C@H](CO[C@H]1O[C@H](CS(=O)(=O)O)[C@@H](O)C(O)C1O)OC(=O)CCCCCCC/C=C/CCCCCCC. The molecule has 0 aromatic heterocycles. The van der Waals surface area contributed by atoms with E-state index in [1.54, 1.807) is 0 Å². The maximum absolute atomic E-state index is 12.8. The van der Waals surface area contributed by atoms with Gasteiger partial charge in [0.05, 0.1) is 6.61 Å². The molecule has 13 heteroatoms. The monoisotopic (exact) mass is 831 g/mol. The highest BCUT2D eigenvalue weighted by molar-refractivity contribution is 7.85. The van der Waals surface area contributed by atoms with Crippen molar-refractivity contribution >= 4 is 22.1 Å². The van der Waals surface area contributed by atoms with E-state index < -0.39 is 71.2 Å². The van der Waals surface area contributed by atoms with Crippen LogP contribution in [0.5, 0.6) is 0 Å². The molecule has 12 nitrogen and oxygen atoms in total. The minimum Gasteiger partial charge on any atom is -0.462 e. The Morgan fingerprint density at radius 1 is 0.596 bits per heavy atom. The lowest BCUT2D eigenvalue weighted by atomic mass is 10.00. The van der Waals surface area contributed by atoms with Crippen LogP contribution in [0.25, 0.3) is 0 Å². The van der Waals surface area contributed by atoms with Crippen LogP contribution in [0.3, 0.4) is 0 Å². The van der Waals surface area contributed by atoms with E-state index >= 15 is 0 Å². The number of carbonyl (C=O) groups is 2. The fourth-order valence-electron chi connectivity index (χ4n) is 6.48. The Morgan fingerprint density at radius 2 is 1.05 bits per heavy atom. The van der Waals surface area contributed by atoms with Crippen molar-refractivity contribution in [3.8, 4) is 0 Å². The van der Waals surface area contributed by atoms with Crippen molar-refractivity contribution in [2.24, 2.45) is 0 Å². The van der Waals surface area contributed by atoms with Gasteiger partial charge in [-0.25, -0.2) is 0 Å². The normalized spacial score (nSPS) is 20.8.